The molecule has 2 heterocycles. The van der Waals surface area contributed by atoms with Gasteiger partial charge in [0.25, 0.3) is 0 Å². The molecular weight excluding hydrogens is 361 g/mol. The third-order valence-corrected chi connectivity index (χ3v) is 4.15. The van der Waals surface area contributed by atoms with Gasteiger partial charge >= 0.3 is 0 Å². The summed E-state index contributed by atoms with van der Waals surface area (Å²) in [4.78, 5) is 12.1. The number of aromatic nitrogens is 3. The van der Waals surface area contributed by atoms with Gasteiger partial charge in [0, 0.05) is 45.3 Å². The van der Waals surface area contributed by atoms with Gasteiger partial charge in [-0.05, 0) is 25.1 Å². The van der Waals surface area contributed by atoms with Gasteiger partial charge in [-0.2, -0.15) is 0 Å². The van der Waals surface area contributed by atoms with Gasteiger partial charge in [0.1, 0.15) is 6.10 Å². The Morgan fingerprint density at radius 3 is 2.32 bits per heavy atom. The zero-order valence-electron chi connectivity index (χ0n) is 13.3. The van der Waals surface area contributed by atoms with Crippen molar-refractivity contribution in [2.75, 3.05) is 11.5 Å². The number of hydrogen-bond acceptors (Lipinski definition) is 6. The normalized spacial score (nSPS) is 12.0. The van der Waals surface area contributed by atoms with E-state index in [2.05, 4.69) is 15.0 Å². The number of rotatable bonds is 4. The number of anilines is 2. The van der Waals surface area contributed by atoms with E-state index in [1.807, 2.05) is 13.0 Å². The van der Waals surface area contributed by atoms with Crippen LogP contribution < -0.4 is 16.2 Å². The van der Waals surface area contributed by atoms with Crippen molar-refractivity contribution in [3.63, 3.8) is 0 Å². The van der Waals surface area contributed by atoms with Crippen LogP contribution in [0.25, 0.3) is 11.1 Å². The lowest BCUT2D eigenvalue weighted by Gasteiger charge is -2.18. The van der Waals surface area contributed by atoms with Crippen LogP contribution in [0.5, 0.6) is 5.75 Å². The first-order valence-corrected chi connectivity index (χ1v) is 8.14. The molecule has 1 atom stereocenters. The van der Waals surface area contributed by atoms with Crippen molar-refractivity contribution in [1.82, 2.24) is 15.0 Å². The van der Waals surface area contributed by atoms with E-state index < -0.39 is 0 Å². The number of halogens is 2. The number of nitrogens with two attached hydrogens (primary N) is 2. The fourth-order valence-electron chi connectivity index (χ4n) is 2.28. The second-order valence-corrected chi connectivity index (χ2v) is 6.21. The zero-order valence-corrected chi connectivity index (χ0v) is 14.8. The molecule has 4 N–H and O–H groups in total. The Kier molecular flexibility index (Phi) is 4.92. The smallest absolute Gasteiger partial charge is 0.219 e. The van der Waals surface area contributed by atoms with Gasteiger partial charge in [-0.25, -0.2) is 15.0 Å². The van der Waals surface area contributed by atoms with Crippen molar-refractivity contribution in [2.24, 2.45) is 0 Å². The van der Waals surface area contributed by atoms with Gasteiger partial charge in [0.05, 0.1) is 0 Å². The molecule has 0 aliphatic heterocycles. The molecule has 0 fully saturated rings. The van der Waals surface area contributed by atoms with E-state index in [0.717, 1.165) is 16.7 Å². The molecule has 3 aromatic rings. The van der Waals surface area contributed by atoms with Crippen molar-refractivity contribution in [3.8, 4) is 16.9 Å². The van der Waals surface area contributed by atoms with Gasteiger partial charge in [0.2, 0.25) is 5.95 Å². The Morgan fingerprint density at radius 1 is 0.960 bits per heavy atom. The van der Waals surface area contributed by atoms with E-state index in [9.17, 15) is 0 Å². The average Bonchev–Trinajstić information content (AvgIpc) is 2.57. The molecule has 25 heavy (non-hydrogen) atoms. The SMILES string of the molecule is CC(Oc1cc(-c2cnc(N)nc2)cnc1N)c1ccc(Cl)cc1Cl. The lowest BCUT2D eigenvalue weighted by Crippen LogP contribution is -2.06. The summed E-state index contributed by atoms with van der Waals surface area (Å²) in [5, 5.41) is 1.09. The Bertz CT molecular complexity index is 902. The highest BCUT2D eigenvalue weighted by molar-refractivity contribution is 6.35. The molecule has 1 aromatic carbocycles. The van der Waals surface area contributed by atoms with E-state index in [0.29, 0.717) is 15.8 Å². The Labute approximate surface area is 154 Å². The lowest BCUT2D eigenvalue weighted by atomic mass is 10.1. The Morgan fingerprint density at radius 2 is 1.64 bits per heavy atom. The van der Waals surface area contributed by atoms with Crippen molar-refractivity contribution in [2.45, 2.75) is 13.0 Å². The first-order valence-electron chi connectivity index (χ1n) is 7.39. The minimum Gasteiger partial charge on any atom is -0.482 e. The summed E-state index contributed by atoms with van der Waals surface area (Å²) in [6, 6.07) is 7.02. The van der Waals surface area contributed by atoms with E-state index in [1.165, 1.54) is 0 Å². The quantitative estimate of drug-likeness (QED) is 0.710. The molecule has 128 valence electrons. The van der Waals surface area contributed by atoms with Crippen LogP contribution in [-0.2, 0) is 0 Å². The maximum absolute atomic E-state index is 6.23. The largest absolute Gasteiger partial charge is 0.482 e. The number of nitrogen functional groups attached to an aromatic ring is 2. The molecule has 0 aliphatic rings. The molecule has 0 amide bonds. The van der Waals surface area contributed by atoms with E-state index >= 15 is 0 Å². The highest BCUT2D eigenvalue weighted by atomic mass is 35.5. The van der Waals surface area contributed by atoms with Crippen molar-refractivity contribution >= 4 is 35.0 Å². The summed E-state index contributed by atoms with van der Waals surface area (Å²) in [7, 11) is 0. The molecule has 2 aromatic heterocycles. The number of nitrogens with zero attached hydrogens (tertiary/aromatic N) is 3. The summed E-state index contributed by atoms with van der Waals surface area (Å²) < 4.78 is 5.96. The Hall–Kier alpha value is -2.57. The topological polar surface area (TPSA) is 99.9 Å². The van der Waals surface area contributed by atoms with Gasteiger partial charge in [-0.3, -0.25) is 0 Å². The summed E-state index contributed by atoms with van der Waals surface area (Å²) in [6.07, 6.45) is 4.50. The molecule has 0 radical (unpaired) electrons. The summed E-state index contributed by atoms with van der Waals surface area (Å²) in [5.74, 6) is 0.916. The maximum Gasteiger partial charge on any atom is 0.219 e. The van der Waals surface area contributed by atoms with Crippen LogP contribution >= 0.6 is 23.2 Å². The average molecular weight is 376 g/mol. The molecule has 0 bridgehead atoms. The molecule has 0 aliphatic carbocycles. The number of ether oxygens (including phenoxy) is 1. The third kappa shape index (κ3) is 3.92. The standard InChI is InChI=1S/C17H15Cl2N5O/c1-9(13-3-2-12(18)5-14(13)19)25-15-4-10(6-22-16(15)20)11-7-23-17(21)24-8-11/h2-9H,1H3,(H2,20,22)(H2,21,23,24). The molecule has 0 saturated heterocycles. The van der Waals surface area contributed by atoms with Crippen LogP contribution in [0.3, 0.4) is 0 Å². The first kappa shape index (κ1) is 17.3. The highest BCUT2D eigenvalue weighted by Gasteiger charge is 2.15. The number of pyridine rings is 1. The second kappa shape index (κ2) is 7.13. The van der Waals surface area contributed by atoms with Gasteiger partial charge in [0.15, 0.2) is 11.6 Å². The Balaban J connectivity index is 1.89. The van der Waals surface area contributed by atoms with E-state index in [4.69, 9.17) is 39.4 Å². The fourth-order valence-corrected chi connectivity index (χ4v) is 2.84. The lowest BCUT2D eigenvalue weighted by molar-refractivity contribution is 0.228. The highest BCUT2D eigenvalue weighted by Crippen LogP contribution is 2.33. The van der Waals surface area contributed by atoms with Gasteiger partial charge in [-0.15, -0.1) is 0 Å². The number of hydrogen-bond donors (Lipinski definition) is 2. The van der Waals surface area contributed by atoms with Crippen LogP contribution in [0.4, 0.5) is 11.8 Å². The summed E-state index contributed by atoms with van der Waals surface area (Å²) in [6.45, 7) is 1.87. The fraction of sp³-hybridized carbons (Fsp3) is 0.118. The monoisotopic (exact) mass is 375 g/mol. The number of benzene rings is 1. The van der Waals surface area contributed by atoms with Crippen molar-refractivity contribution in [3.05, 3.63) is 58.5 Å². The third-order valence-electron chi connectivity index (χ3n) is 3.59. The van der Waals surface area contributed by atoms with Crippen molar-refractivity contribution < 1.29 is 4.74 Å². The summed E-state index contributed by atoms with van der Waals surface area (Å²) >= 11 is 12.2. The summed E-state index contributed by atoms with van der Waals surface area (Å²) in [5.41, 5.74) is 13.8. The predicted octanol–water partition coefficient (Wildman–Crippen LogP) is 4.15. The second-order valence-electron chi connectivity index (χ2n) is 5.36. The predicted molar refractivity (Wildman–Crippen MR) is 99.6 cm³/mol. The van der Waals surface area contributed by atoms with Gasteiger partial charge < -0.3 is 16.2 Å². The maximum atomic E-state index is 6.23. The molecular formula is C17H15Cl2N5O. The minimum absolute atomic E-state index is 0.203. The molecule has 0 spiro atoms. The molecule has 1 unspecified atom stereocenters. The molecule has 8 heteroatoms. The van der Waals surface area contributed by atoms with E-state index in [1.54, 1.807) is 36.8 Å². The van der Waals surface area contributed by atoms with Crippen molar-refractivity contribution in [1.29, 1.82) is 0 Å². The first-order chi connectivity index (χ1) is 11.9. The van der Waals surface area contributed by atoms with Crippen LogP contribution in [0.15, 0.2) is 42.9 Å². The van der Waals surface area contributed by atoms with E-state index in [-0.39, 0.29) is 17.9 Å². The van der Waals surface area contributed by atoms with Crippen LogP contribution in [0.2, 0.25) is 10.0 Å². The van der Waals surface area contributed by atoms with Gasteiger partial charge in [-0.1, -0.05) is 29.3 Å². The molecule has 3 rings (SSSR count). The molecule has 6 nitrogen and oxygen atoms in total. The van der Waals surface area contributed by atoms with Crippen LogP contribution in [0.1, 0.15) is 18.6 Å². The minimum atomic E-state index is -0.341. The zero-order chi connectivity index (χ0) is 18.0. The van der Waals surface area contributed by atoms with Crippen LogP contribution in [-0.4, -0.2) is 15.0 Å². The molecule has 0 saturated carbocycles. The van der Waals surface area contributed by atoms with Crippen LogP contribution in [0, 0.1) is 0 Å².